The van der Waals surface area contributed by atoms with Crippen LogP contribution in [0.3, 0.4) is 0 Å². The lowest BCUT2D eigenvalue weighted by molar-refractivity contribution is 0.671. The Kier molecular flexibility index (Phi) is 7.71. The summed E-state index contributed by atoms with van der Waals surface area (Å²) in [6, 6.07) is 0. The smallest absolute Gasteiger partial charge is 0.0180 e. The van der Waals surface area contributed by atoms with Gasteiger partial charge in [-0.05, 0) is 18.9 Å². The van der Waals surface area contributed by atoms with Crippen LogP contribution in [-0.2, 0) is 0 Å². The molecular formula is C10H17Cl. The van der Waals surface area contributed by atoms with Gasteiger partial charge in [0.15, 0.2) is 0 Å². The Hall–Kier alpha value is -0.230. The summed E-state index contributed by atoms with van der Waals surface area (Å²) in [5, 5.41) is 0.927. The molecule has 0 aliphatic carbocycles. The van der Waals surface area contributed by atoms with E-state index in [-0.39, 0.29) is 0 Å². The zero-order valence-corrected chi connectivity index (χ0v) is 8.03. The summed E-state index contributed by atoms with van der Waals surface area (Å²) in [7, 11) is 0. The molecule has 0 saturated carbocycles. The van der Waals surface area contributed by atoms with Crippen molar-refractivity contribution in [2.45, 2.75) is 39.0 Å². The van der Waals surface area contributed by atoms with Crippen molar-refractivity contribution in [1.29, 1.82) is 0 Å². The summed E-state index contributed by atoms with van der Waals surface area (Å²) < 4.78 is 0. The van der Waals surface area contributed by atoms with Gasteiger partial charge in [-0.15, -0.1) is 0 Å². The maximum absolute atomic E-state index is 5.85. The van der Waals surface area contributed by atoms with E-state index in [1.807, 2.05) is 6.08 Å². The van der Waals surface area contributed by atoms with E-state index in [4.69, 9.17) is 11.6 Å². The van der Waals surface area contributed by atoms with Gasteiger partial charge in [0.25, 0.3) is 0 Å². The molecule has 0 radical (unpaired) electrons. The molecule has 0 spiro atoms. The molecule has 0 N–H and O–H groups in total. The number of unbranched alkanes of at least 4 members (excludes halogenated alkanes) is 3. The molecule has 0 aromatic heterocycles. The average molecular weight is 173 g/mol. The Morgan fingerprint density at radius 2 is 2.09 bits per heavy atom. The van der Waals surface area contributed by atoms with Crippen molar-refractivity contribution in [3.8, 4) is 0 Å². The van der Waals surface area contributed by atoms with E-state index in [1.54, 1.807) is 6.08 Å². The van der Waals surface area contributed by atoms with Gasteiger partial charge in [0, 0.05) is 5.03 Å². The summed E-state index contributed by atoms with van der Waals surface area (Å²) >= 11 is 5.85. The van der Waals surface area contributed by atoms with Gasteiger partial charge in [0.2, 0.25) is 0 Å². The lowest BCUT2D eigenvalue weighted by Crippen LogP contribution is -1.76. The van der Waals surface area contributed by atoms with Crippen LogP contribution in [-0.4, -0.2) is 0 Å². The van der Waals surface area contributed by atoms with E-state index in [9.17, 15) is 0 Å². The van der Waals surface area contributed by atoms with Crippen molar-refractivity contribution < 1.29 is 0 Å². The molecule has 0 saturated heterocycles. The van der Waals surface area contributed by atoms with E-state index in [0.717, 1.165) is 11.5 Å². The molecule has 0 rings (SSSR count). The lowest BCUT2D eigenvalue weighted by Gasteiger charge is -1.97. The van der Waals surface area contributed by atoms with Crippen molar-refractivity contribution in [1.82, 2.24) is 0 Å². The molecule has 0 fully saturated rings. The molecule has 0 aliphatic rings. The lowest BCUT2D eigenvalue weighted by atomic mass is 10.1. The van der Waals surface area contributed by atoms with Crippen LogP contribution >= 0.6 is 11.6 Å². The second-order valence-corrected chi connectivity index (χ2v) is 3.15. The van der Waals surface area contributed by atoms with Crippen LogP contribution in [0.1, 0.15) is 39.0 Å². The third kappa shape index (κ3) is 7.67. The highest BCUT2D eigenvalue weighted by atomic mass is 35.5. The third-order valence-electron chi connectivity index (χ3n) is 1.57. The Balaban J connectivity index is 3.23. The molecule has 0 unspecified atom stereocenters. The van der Waals surface area contributed by atoms with Crippen molar-refractivity contribution in [2.24, 2.45) is 0 Å². The van der Waals surface area contributed by atoms with E-state index in [0.29, 0.717) is 0 Å². The summed E-state index contributed by atoms with van der Waals surface area (Å²) in [6.45, 7) is 5.79. The van der Waals surface area contributed by atoms with E-state index < -0.39 is 0 Å². The standard InChI is InChI=1S/C10H17Cl/c1-3-5-6-7-9-10(11)8-4-2/h4,8H,2-3,5-7,9H2,1H3. The predicted molar refractivity (Wildman–Crippen MR) is 52.9 cm³/mol. The average Bonchev–Trinajstić information content (AvgIpc) is 1.99. The van der Waals surface area contributed by atoms with Crippen molar-refractivity contribution in [3.05, 3.63) is 23.8 Å². The summed E-state index contributed by atoms with van der Waals surface area (Å²) in [5.41, 5.74) is 0. The molecule has 0 amide bonds. The highest BCUT2D eigenvalue weighted by Gasteiger charge is 1.90. The third-order valence-corrected chi connectivity index (χ3v) is 1.88. The minimum absolute atomic E-state index is 0.927. The first kappa shape index (κ1) is 10.8. The van der Waals surface area contributed by atoms with Gasteiger partial charge in [0.05, 0.1) is 0 Å². The highest BCUT2D eigenvalue weighted by molar-refractivity contribution is 6.29. The second kappa shape index (κ2) is 7.87. The van der Waals surface area contributed by atoms with E-state index >= 15 is 0 Å². The number of hydrogen-bond donors (Lipinski definition) is 0. The molecule has 1 heteroatoms. The molecule has 0 aliphatic heterocycles. The normalized spacial score (nSPS) is 11.6. The molecular weight excluding hydrogens is 156 g/mol. The van der Waals surface area contributed by atoms with Gasteiger partial charge in [-0.2, -0.15) is 0 Å². The predicted octanol–water partition coefficient (Wildman–Crippen LogP) is 4.27. The molecule has 11 heavy (non-hydrogen) atoms. The minimum Gasteiger partial charge on any atom is -0.0990 e. The zero-order valence-electron chi connectivity index (χ0n) is 7.28. The van der Waals surface area contributed by atoms with Crippen LogP contribution in [0, 0.1) is 0 Å². The number of hydrogen-bond acceptors (Lipinski definition) is 0. The first-order chi connectivity index (χ1) is 5.31. The minimum atomic E-state index is 0.927. The highest BCUT2D eigenvalue weighted by Crippen LogP contribution is 2.13. The van der Waals surface area contributed by atoms with Crippen LogP contribution in [0.2, 0.25) is 0 Å². The molecule has 0 atom stereocenters. The van der Waals surface area contributed by atoms with E-state index in [1.165, 1.54) is 25.7 Å². The first-order valence-corrected chi connectivity index (χ1v) is 4.66. The SMILES string of the molecule is C=CC=C(Cl)CCCCCC. The largest absolute Gasteiger partial charge is 0.0990 e. The molecule has 64 valence electrons. The van der Waals surface area contributed by atoms with E-state index in [2.05, 4.69) is 13.5 Å². The quantitative estimate of drug-likeness (QED) is 0.415. The van der Waals surface area contributed by atoms with Crippen molar-refractivity contribution in [2.75, 3.05) is 0 Å². The number of allylic oxidation sites excluding steroid dienone is 3. The number of halogens is 1. The molecule has 0 aromatic rings. The van der Waals surface area contributed by atoms with Crippen LogP contribution < -0.4 is 0 Å². The maximum atomic E-state index is 5.85. The van der Waals surface area contributed by atoms with Crippen molar-refractivity contribution >= 4 is 11.6 Å². The van der Waals surface area contributed by atoms with Gasteiger partial charge in [0.1, 0.15) is 0 Å². The van der Waals surface area contributed by atoms with Crippen molar-refractivity contribution in [3.63, 3.8) is 0 Å². The summed E-state index contributed by atoms with van der Waals surface area (Å²) in [6.07, 6.45) is 9.71. The maximum Gasteiger partial charge on any atom is 0.0180 e. The monoisotopic (exact) mass is 172 g/mol. The molecule has 0 bridgehead atoms. The van der Waals surface area contributed by atoms with Gasteiger partial charge in [-0.25, -0.2) is 0 Å². The zero-order chi connectivity index (χ0) is 8.53. The van der Waals surface area contributed by atoms with Gasteiger partial charge in [-0.3, -0.25) is 0 Å². The fraction of sp³-hybridized carbons (Fsp3) is 0.600. The fourth-order valence-corrected chi connectivity index (χ4v) is 1.15. The van der Waals surface area contributed by atoms with Crippen LogP contribution in [0.15, 0.2) is 23.8 Å². The summed E-state index contributed by atoms with van der Waals surface area (Å²) in [4.78, 5) is 0. The summed E-state index contributed by atoms with van der Waals surface area (Å²) in [5.74, 6) is 0. The van der Waals surface area contributed by atoms with Crippen LogP contribution in [0.25, 0.3) is 0 Å². The molecule has 0 nitrogen and oxygen atoms in total. The Morgan fingerprint density at radius 1 is 1.36 bits per heavy atom. The van der Waals surface area contributed by atoms with Gasteiger partial charge < -0.3 is 0 Å². The Bertz CT molecular complexity index is 125. The number of rotatable bonds is 6. The molecule has 0 aromatic carbocycles. The Labute approximate surface area is 74.9 Å². The first-order valence-electron chi connectivity index (χ1n) is 4.28. The molecule has 0 heterocycles. The van der Waals surface area contributed by atoms with Crippen LogP contribution in [0.4, 0.5) is 0 Å². The second-order valence-electron chi connectivity index (χ2n) is 2.66. The van der Waals surface area contributed by atoms with Gasteiger partial charge >= 0.3 is 0 Å². The topological polar surface area (TPSA) is 0 Å². The fourth-order valence-electron chi connectivity index (χ4n) is 0.932. The Morgan fingerprint density at radius 3 is 2.64 bits per heavy atom. The van der Waals surface area contributed by atoms with Gasteiger partial charge in [-0.1, -0.05) is 50.4 Å². The van der Waals surface area contributed by atoms with Crippen LogP contribution in [0.5, 0.6) is 0 Å².